The van der Waals surface area contributed by atoms with Crippen molar-refractivity contribution in [3.05, 3.63) is 55.7 Å². The van der Waals surface area contributed by atoms with Crippen LogP contribution in [0.25, 0.3) is 0 Å². The molecule has 1 aromatic carbocycles. The van der Waals surface area contributed by atoms with Gasteiger partial charge in [0.05, 0.1) is 15.5 Å². The molecule has 0 radical (unpaired) electrons. The van der Waals surface area contributed by atoms with Gasteiger partial charge in [0, 0.05) is 30.8 Å². The number of aryl methyl sites for hydroxylation is 1. The van der Waals surface area contributed by atoms with Crippen LogP contribution in [0.5, 0.6) is 0 Å². The summed E-state index contributed by atoms with van der Waals surface area (Å²) < 4.78 is 1.99. The first-order valence-corrected chi connectivity index (χ1v) is 8.51. The largest absolute Gasteiger partial charge is 0.352 e. The number of halogens is 2. The Morgan fingerprint density at radius 3 is 2.95 bits per heavy atom. The minimum atomic E-state index is 0.190. The Kier molecular flexibility index (Phi) is 4.22. The normalized spacial score (nSPS) is 14.1. The lowest BCUT2D eigenvalue weighted by atomic mass is 10.1. The van der Waals surface area contributed by atoms with Crippen LogP contribution in [0.3, 0.4) is 0 Å². The van der Waals surface area contributed by atoms with Gasteiger partial charge in [0.2, 0.25) is 5.91 Å². The Labute approximate surface area is 141 Å². The maximum absolute atomic E-state index is 12.5. The number of carbonyl (C=O) groups excluding carboxylic acids is 1. The number of rotatable bonds is 2. The van der Waals surface area contributed by atoms with Gasteiger partial charge in [0.1, 0.15) is 0 Å². The number of aromatic nitrogens is 1. The van der Waals surface area contributed by atoms with Crippen molar-refractivity contribution >= 4 is 37.8 Å². The van der Waals surface area contributed by atoms with Gasteiger partial charge in [-0.1, -0.05) is 29.8 Å². The number of nitrogens with one attached hydrogen (secondary N) is 1. The van der Waals surface area contributed by atoms with Crippen molar-refractivity contribution in [2.75, 3.05) is 6.54 Å². The Bertz CT molecular complexity index is 694. The van der Waals surface area contributed by atoms with Crippen molar-refractivity contribution < 1.29 is 4.79 Å². The quantitative estimate of drug-likeness (QED) is 0.797. The third-order valence-electron chi connectivity index (χ3n) is 3.85. The molecule has 0 fully saturated rings. The van der Waals surface area contributed by atoms with Crippen molar-refractivity contribution in [3.8, 4) is 0 Å². The number of hydrogen-bond donors (Lipinski definition) is 1. The standard InChI is InChI=1S/C16H16Br2N2O/c1-10-3-2-4-11(7-10)8-14(21)20-6-5-13-12(9-20)15(17)16(18)19-13/h2-4,7,19H,5-6,8-9H2,1H3. The molecule has 3 rings (SSSR count). The van der Waals surface area contributed by atoms with Crippen LogP contribution in [0, 0.1) is 6.92 Å². The molecule has 0 saturated heterocycles. The van der Waals surface area contributed by atoms with Gasteiger partial charge in [0.25, 0.3) is 0 Å². The third kappa shape index (κ3) is 3.09. The second kappa shape index (κ2) is 5.97. The van der Waals surface area contributed by atoms with Crippen LogP contribution in [-0.2, 0) is 24.2 Å². The second-order valence-corrected chi connectivity index (χ2v) is 7.03. The Hall–Kier alpha value is -1.07. The maximum Gasteiger partial charge on any atom is 0.227 e. The van der Waals surface area contributed by atoms with E-state index in [0.717, 1.165) is 27.6 Å². The smallest absolute Gasteiger partial charge is 0.227 e. The number of carbonyl (C=O) groups is 1. The van der Waals surface area contributed by atoms with Gasteiger partial charge < -0.3 is 9.88 Å². The Morgan fingerprint density at radius 2 is 2.19 bits per heavy atom. The summed E-state index contributed by atoms with van der Waals surface area (Å²) in [6, 6.07) is 8.15. The highest BCUT2D eigenvalue weighted by Gasteiger charge is 2.25. The van der Waals surface area contributed by atoms with E-state index in [0.29, 0.717) is 13.0 Å². The van der Waals surface area contributed by atoms with Crippen molar-refractivity contribution in [2.24, 2.45) is 0 Å². The topological polar surface area (TPSA) is 36.1 Å². The van der Waals surface area contributed by atoms with Gasteiger partial charge in [-0.05, 0) is 44.3 Å². The summed E-state index contributed by atoms with van der Waals surface area (Å²) in [7, 11) is 0. The van der Waals surface area contributed by atoms with Gasteiger partial charge >= 0.3 is 0 Å². The van der Waals surface area contributed by atoms with E-state index in [4.69, 9.17) is 0 Å². The summed E-state index contributed by atoms with van der Waals surface area (Å²) in [4.78, 5) is 17.7. The molecule has 1 aliphatic rings. The summed E-state index contributed by atoms with van der Waals surface area (Å²) in [6.07, 6.45) is 1.35. The molecule has 110 valence electrons. The summed E-state index contributed by atoms with van der Waals surface area (Å²) in [6.45, 7) is 3.50. The molecule has 1 aromatic heterocycles. The molecule has 0 saturated carbocycles. The molecule has 5 heteroatoms. The van der Waals surface area contributed by atoms with Gasteiger partial charge in [-0.3, -0.25) is 4.79 Å². The average molecular weight is 412 g/mol. The monoisotopic (exact) mass is 410 g/mol. The fraction of sp³-hybridized carbons (Fsp3) is 0.312. The number of fused-ring (bicyclic) bond motifs is 1. The average Bonchev–Trinajstić information content (AvgIpc) is 2.74. The fourth-order valence-corrected chi connectivity index (χ4v) is 3.69. The molecule has 0 aliphatic carbocycles. The number of aromatic amines is 1. The van der Waals surface area contributed by atoms with Crippen LogP contribution in [0.15, 0.2) is 33.3 Å². The lowest BCUT2D eigenvalue weighted by molar-refractivity contribution is -0.131. The van der Waals surface area contributed by atoms with E-state index in [1.807, 2.05) is 17.0 Å². The summed E-state index contributed by atoms with van der Waals surface area (Å²) in [5, 5.41) is 0. The zero-order valence-corrected chi connectivity index (χ0v) is 14.9. The van der Waals surface area contributed by atoms with E-state index >= 15 is 0 Å². The number of hydrogen-bond acceptors (Lipinski definition) is 1. The van der Waals surface area contributed by atoms with Crippen LogP contribution in [-0.4, -0.2) is 22.3 Å². The predicted octanol–water partition coefficient (Wildman–Crippen LogP) is 3.98. The lowest BCUT2D eigenvalue weighted by Crippen LogP contribution is -2.36. The van der Waals surface area contributed by atoms with Gasteiger partial charge in [-0.25, -0.2) is 0 Å². The van der Waals surface area contributed by atoms with Crippen LogP contribution in [0.4, 0.5) is 0 Å². The van der Waals surface area contributed by atoms with E-state index in [2.05, 4.69) is 55.9 Å². The van der Waals surface area contributed by atoms with Crippen molar-refractivity contribution in [1.29, 1.82) is 0 Å². The summed E-state index contributed by atoms with van der Waals surface area (Å²) in [5.74, 6) is 0.190. The molecule has 3 nitrogen and oxygen atoms in total. The minimum absolute atomic E-state index is 0.190. The highest BCUT2D eigenvalue weighted by atomic mass is 79.9. The number of benzene rings is 1. The van der Waals surface area contributed by atoms with E-state index < -0.39 is 0 Å². The SMILES string of the molecule is Cc1cccc(CC(=O)N2CCc3[nH]c(Br)c(Br)c3C2)c1. The molecule has 2 heterocycles. The first-order valence-electron chi connectivity index (χ1n) is 6.92. The van der Waals surface area contributed by atoms with E-state index in [9.17, 15) is 4.79 Å². The molecular formula is C16H16Br2N2O. The van der Waals surface area contributed by atoms with Crippen LogP contribution in [0.1, 0.15) is 22.4 Å². The summed E-state index contributed by atoms with van der Waals surface area (Å²) >= 11 is 7.06. The summed E-state index contributed by atoms with van der Waals surface area (Å²) in [5.41, 5.74) is 4.68. The highest BCUT2D eigenvalue weighted by Crippen LogP contribution is 2.33. The molecule has 0 unspecified atom stereocenters. The Morgan fingerprint density at radius 1 is 1.38 bits per heavy atom. The fourth-order valence-electron chi connectivity index (χ4n) is 2.74. The zero-order valence-electron chi connectivity index (χ0n) is 11.7. The predicted molar refractivity (Wildman–Crippen MR) is 90.2 cm³/mol. The molecule has 0 atom stereocenters. The molecule has 1 amide bonds. The van der Waals surface area contributed by atoms with Gasteiger partial charge in [0.15, 0.2) is 0 Å². The molecule has 1 aliphatic heterocycles. The van der Waals surface area contributed by atoms with Crippen LogP contribution < -0.4 is 0 Å². The maximum atomic E-state index is 12.5. The number of amides is 1. The molecule has 0 bridgehead atoms. The molecule has 2 aromatic rings. The van der Waals surface area contributed by atoms with Crippen molar-refractivity contribution in [2.45, 2.75) is 26.3 Å². The van der Waals surface area contributed by atoms with Gasteiger partial charge in [-0.15, -0.1) is 0 Å². The Balaban J connectivity index is 1.73. The van der Waals surface area contributed by atoms with E-state index in [-0.39, 0.29) is 5.91 Å². The number of nitrogens with zero attached hydrogens (tertiary/aromatic N) is 1. The van der Waals surface area contributed by atoms with Gasteiger partial charge in [-0.2, -0.15) is 0 Å². The number of H-pyrrole nitrogens is 1. The van der Waals surface area contributed by atoms with E-state index in [1.165, 1.54) is 16.8 Å². The van der Waals surface area contributed by atoms with Crippen LogP contribution >= 0.6 is 31.9 Å². The molecule has 21 heavy (non-hydrogen) atoms. The molecular weight excluding hydrogens is 396 g/mol. The first kappa shape index (κ1) is 14.9. The third-order valence-corrected chi connectivity index (χ3v) is 5.86. The lowest BCUT2D eigenvalue weighted by Gasteiger charge is -2.27. The second-order valence-electron chi connectivity index (χ2n) is 5.44. The zero-order chi connectivity index (χ0) is 15.0. The first-order chi connectivity index (χ1) is 10.0. The minimum Gasteiger partial charge on any atom is -0.352 e. The molecule has 1 N–H and O–H groups in total. The van der Waals surface area contributed by atoms with Crippen LogP contribution in [0.2, 0.25) is 0 Å². The van der Waals surface area contributed by atoms with Crippen molar-refractivity contribution in [1.82, 2.24) is 9.88 Å². The highest BCUT2D eigenvalue weighted by molar-refractivity contribution is 9.13. The van der Waals surface area contributed by atoms with Crippen molar-refractivity contribution in [3.63, 3.8) is 0 Å². The molecule has 0 spiro atoms. The van der Waals surface area contributed by atoms with E-state index in [1.54, 1.807) is 0 Å².